The number of anilines is 1. The fraction of sp³-hybridized carbons (Fsp3) is 0.111. The molecule has 3 aromatic rings. The van der Waals surface area contributed by atoms with Crippen molar-refractivity contribution in [3.63, 3.8) is 0 Å². The topological polar surface area (TPSA) is 115 Å². The van der Waals surface area contributed by atoms with E-state index in [4.69, 9.17) is 11.5 Å². The van der Waals surface area contributed by atoms with Crippen molar-refractivity contribution in [1.29, 1.82) is 0 Å². The Balaban J connectivity index is 1.91. The van der Waals surface area contributed by atoms with E-state index < -0.39 is 5.91 Å². The summed E-state index contributed by atoms with van der Waals surface area (Å²) in [6.07, 6.45) is 0. The highest BCUT2D eigenvalue weighted by atomic mass is 16.2. The highest BCUT2D eigenvalue weighted by Gasteiger charge is 2.24. The number of aromatic nitrogens is 2. The second kappa shape index (κ2) is 5.27. The van der Waals surface area contributed by atoms with Gasteiger partial charge in [0.2, 0.25) is 0 Å². The predicted molar refractivity (Wildman–Crippen MR) is 93.7 cm³/mol. The largest absolute Gasteiger partial charge is 0.396 e. The quantitative estimate of drug-likeness (QED) is 0.738. The third-order valence-corrected chi connectivity index (χ3v) is 4.47. The van der Waals surface area contributed by atoms with Crippen molar-refractivity contribution < 1.29 is 9.59 Å². The number of benzene rings is 2. The zero-order valence-corrected chi connectivity index (χ0v) is 13.5. The van der Waals surface area contributed by atoms with Gasteiger partial charge in [-0.3, -0.25) is 9.59 Å². The second-order valence-electron chi connectivity index (χ2n) is 6.06. The minimum absolute atomic E-state index is 0.0228. The lowest BCUT2D eigenvalue weighted by Gasteiger charge is -2.10. The molecule has 25 heavy (non-hydrogen) atoms. The Morgan fingerprint density at radius 2 is 1.96 bits per heavy atom. The third-order valence-electron chi connectivity index (χ3n) is 4.47. The normalized spacial score (nSPS) is 13.3. The van der Waals surface area contributed by atoms with Crippen LogP contribution in [0.25, 0.3) is 22.0 Å². The molecule has 4 N–H and O–H groups in total. The number of rotatable bonds is 2. The van der Waals surface area contributed by atoms with Crippen LogP contribution in [-0.2, 0) is 6.54 Å². The van der Waals surface area contributed by atoms with Gasteiger partial charge in [0.1, 0.15) is 5.52 Å². The van der Waals surface area contributed by atoms with E-state index in [1.54, 1.807) is 18.0 Å². The molecule has 0 bridgehead atoms. The molecule has 2 heterocycles. The highest BCUT2D eigenvalue weighted by Crippen LogP contribution is 2.33. The predicted octanol–water partition coefficient (Wildman–Crippen LogP) is 1.56. The molecule has 0 aliphatic carbocycles. The van der Waals surface area contributed by atoms with E-state index in [1.165, 1.54) is 0 Å². The number of hydrogen-bond acceptors (Lipinski definition) is 5. The minimum atomic E-state index is -0.712. The number of carbonyl (C=O) groups is 2. The first-order valence-corrected chi connectivity index (χ1v) is 7.71. The average Bonchev–Trinajstić information content (AvgIpc) is 2.88. The smallest absolute Gasteiger partial charge is 0.271 e. The van der Waals surface area contributed by atoms with Crippen LogP contribution in [0.1, 0.15) is 26.4 Å². The van der Waals surface area contributed by atoms with Gasteiger partial charge in [0.05, 0.1) is 5.69 Å². The van der Waals surface area contributed by atoms with E-state index >= 15 is 0 Å². The first-order chi connectivity index (χ1) is 12.0. The van der Waals surface area contributed by atoms with Crippen molar-refractivity contribution in [3.05, 3.63) is 53.2 Å². The fourth-order valence-corrected chi connectivity index (χ4v) is 3.20. The zero-order chi connectivity index (χ0) is 17.7. The first kappa shape index (κ1) is 15.1. The molecule has 1 aliphatic heterocycles. The molecule has 7 nitrogen and oxygen atoms in total. The Morgan fingerprint density at radius 3 is 2.72 bits per heavy atom. The van der Waals surface area contributed by atoms with Crippen molar-refractivity contribution in [1.82, 2.24) is 15.1 Å². The Kier molecular flexibility index (Phi) is 3.18. The number of hydrogen-bond donors (Lipinski definition) is 2. The number of amides is 2. The van der Waals surface area contributed by atoms with Gasteiger partial charge in [0.25, 0.3) is 11.8 Å². The van der Waals surface area contributed by atoms with E-state index in [9.17, 15) is 9.59 Å². The summed E-state index contributed by atoms with van der Waals surface area (Å²) in [5, 5.41) is 8.65. The lowest BCUT2D eigenvalue weighted by molar-refractivity contribution is 0.0816. The summed E-state index contributed by atoms with van der Waals surface area (Å²) in [4.78, 5) is 25.1. The van der Waals surface area contributed by atoms with E-state index in [-0.39, 0.29) is 17.3 Å². The van der Waals surface area contributed by atoms with Crippen LogP contribution in [-0.4, -0.2) is 34.0 Å². The van der Waals surface area contributed by atoms with Gasteiger partial charge in [-0.15, -0.1) is 10.2 Å². The van der Waals surface area contributed by atoms with Crippen molar-refractivity contribution >= 4 is 28.4 Å². The van der Waals surface area contributed by atoms with Crippen molar-refractivity contribution in [3.8, 4) is 11.1 Å². The molecular formula is C18H15N5O2. The summed E-state index contributed by atoms with van der Waals surface area (Å²) >= 11 is 0. The molecule has 0 saturated carbocycles. The molecule has 0 atom stereocenters. The van der Waals surface area contributed by atoms with Crippen LogP contribution >= 0.6 is 0 Å². The van der Waals surface area contributed by atoms with Crippen LogP contribution in [0.2, 0.25) is 0 Å². The van der Waals surface area contributed by atoms with Crippen LogP contribution in [0.3, 0.4) is 0 Å². The molecule has 0 fully saturated rings. The summed E-state index contributed by atoms with van der Waals surface area (Å²) < 4.78 is 0. The maximum Gasteiger partial charge on any atom is 0.271 e. The maximum absolute atomic E-state index is 12.0. The summed E-state index contributed by atoms with van der Waals surface area (Å²) in [5.74, 6) is -0.689. The highest BCUT2D eigenvalue weighted by molar-refractivity contribution is 6.07. The van der Waals surface area contributed by atoms with Crippen LogP contribution in [0, 0.1) is 0 Å². The fourth-order valence-electron chi connectivity index (χ4n) is 3.20. The average molecular weight is 333 g/mol. The third kappa shape index (κ3) is 2.20. The molecule has 1 aromatic heterocycles. The Morgan fingerprint density at radius 1 is 1.16 bits per heavy atom. The minimum Gasteiger partial charge on any atom is -0.396 e. The van der Waals surface area contributed by atoms with Crippen molar-refractivity contribution in [2.45, 2.75) is 6.54 Å². The van der Waals surface area contributed by atoms with Crippen molar-refractivity contribution in [2.24, 2.45) is 5.73 Å². The Labute approximate surface area is 143 Å². The molecule has 2 aromatic carbocycles. The summed E-state index contributed by atoms with van der Waals surface area (Å²) in [6.45, 7) is 0.576. The van der Waals surface area contributed by atoms with Gasteiger partial charge in [0, 0.05) is 30.1 Å². The molecule has 0 spiro atoms. The van der Waals surface area contributed by atoms with E-state index in [0.717, 1.165) is 16.7 Å². The number of nitrogens with zero attached hydrogens (tertiary/aromatic N) is 3. The lowest BCUT2D eigenvalue weighted by atomic mass is 9.98. The zero-order valence-electron chi connectivity index (χ0n) is 13.5. The van der Waals surface area contributed by atoms with Gasteiger partial charge in [-0.2, -0.15) is 0 Å². The molecule has 1 aliphatic rings. The van der Waals surface area contributed by atoms with E-state index in [1.807, 2.05) is 30.3 Å². The monoisotopic (exact) mass is 333 g/mol. The van der Waals surface area contributed by atoms with Gasteiger partial charge >= 0.3 is 0 Å². The van der Waals surface area contributed by atoms with Crippen molar-refractivity contribution in [2.75, 3.05) is 12.8 Å². The Bertz CT molecular complexity index is 1060. The number of fused-ring (bicyclic) bond motifs is 2. The second-order valence-corrected chi connectivity index (χ2v) is 6.06. The number of carbonyl (C=O) groups excluding carboxylic acids is 2. The van der Waals surface area contributed by atoms with Crippen LogP contribution in [0.5, 0.6) is 0 Å². The SMILES string of the molecule is CN1Cc2cc(-c3cccc4c(N)c(C(N)=O)nnc34)ccc2C1=O. The van der Waals surface area contributed by atoms with Gasteiger partial charge in [-0.25, -0.2) is 0 Å². The standard InChI is InChI=1S/C18H15N5O2/c1-23-8-10-7-9(5-6-12(10)18(23)25)11-3-2-4-13-14(19)16(17(20)24)22-21-15(11)13/h2-7H,8H2,1H3,(H2,19,21)(H2,20,24). The molecule has 2 amide bonds. The lowest BCUT2D eigenvalue weighted by Crippen LogP contribution is -2.17. The number of nitrogen functional groups attached to an aromatic ring is 1. The van der Waals surface area contributed by atoms with Crippen LogP contribution in [0.15, 0.2) is 36.4 Å². The molecule has 0 unspecified atom stereocenters. The maximum atomic E-state index is 12.0. The Hall–Kier alpha value is -3.48. The van der Waals surface area contributed by atoms with Crippen LogP contribution in [0.4, 0.5) is 5.69 Å². The molecular weight excluding hydrogens is 318 g/mol. The number of nitrogens with two attached hydrogens (primary N) is 2. The summed E-state index contributed by atoms with van der Waals surface area (Å²) in [7, 11) is 1.78. The van der Waals surface area contributed by atoms with Crippen LogP contribution < -0.4 is 11.5 Å². The number of primary amides is 1. The van der Waals surface area contributed by atoms with E-state index in [2.05, 4.69) is 10.2 Å². The molecule has 4 rings (SSSR count). The van der Waals surface area contributed by atoms with Gasteiger partial charge in [-0.05, 0) is 23.3 Å². The van der Waals surface area contributed by atoms with E-state index in [0.29, 0.717) is 23.0 Å². The molecule has 0 saturated heterocycles. The molecule has 7 heteroatoms. The van der Waals surface area contributed by atoms with Gasteiger partial charge in [-0.1, -0.05) is 24.3 Å². The van der Waals surface area contributed by atoms with Gasteiger partial charge in [0.15, 0.2) is 5.69 Å². The summed E-state index contributed by atoms with van der Waals surface area (Å²) in [6, 6.07) is 11.2. The first-order valence-electron chi connectivity index (χ1n) is 7.71. The summed E-state index contributed by atoms with van der Waals surface area (Å²) in [5.41, 5.74) is 15.5. The molecule has 0 radical (unpaired) electrons. The van der Waals surface area contributed by atoms with Gasteiger partial charge < -0.3 is 16.4 Å². The molecule has 124 valence electrons.